The van der Waals surface area contributed by atoms with Gasteiger partial charge in [0, 0.05) is 10.6 Å². The van der Waals surface area contributed by atoms with Crippen LogP contribution in [0.2, 0.25) is 0 Å². The van der Waals surface area contributed by atoms with E-state index < -0.39 is 0 Å². The zero-order valence-corrected chi connectivity index (χ0v) is 11.4. The lowest BCUT2D eigenvalue weighted by atomic mass is 10.1. The van der Waals surface area contributed by atoms with Gasteiger partial charge < -0.3 is 0 Å². The maximum Gasteiger partial charge on any atom is 0.100 e. The molecule has 0 aromatic heterocycles. The van der Waals surface area contributed by atoms with Crippen LogP contribution in [0.5, 0.6) is 0 Å². The van der Waals surface area contributed by atoms with Gasteiger partial charge in [-0.1, -0.05) is 42.0 Å². The summed E-state index contributed by atoms with van der Waals surface area (Å²) in [5.41, 5.74) is 4.52. The van der Waals surface area contributed by atoms with Crippen molar-refractivity contribution in [3.05, 3.63) is 64.7 Å². The largest absolute Gasteiger partial charge is 0.192 e. The summed E-state index contributed by atoms with van der Waals surface area (Å²) in [5.74, 6) is 0.904. The molecule has 2 heteroatoms. The van der Waals surface area contributed by atoms with Gasteiger partial charge in [0.25, 0.3) is 0 Å². The van der Waals surface area contributed by atoms with E-state index in [1.165, 1.54) is 16.7 Å². The van der Waals surface area contributed by atoms with Crippen LogP contribution in [0.15, 0.2) is 47.4 Å². The summed E-state index contributed by atoms with van der Waals surface area (Å²) in [5, 5.41) is 9.12. The van der Waals surface area contributed by atoms with Crippen molar-refractivity contribution in [1.29, 1.82) is 5.26 Å². The van der Waals surface area contributed by atoms with E-state index in [-0.39, 0.29) is 0 Å². The molecule has 2 aromatic rings. The first-order valence-corrected chi connectivity index (χ1v) is 6.87. The predicted octanol–water partition coefficient (Wildman–Crippen LogP) is 4.47. The number of hydrogen-bond donors (Lipinski definition) is 0. The maximum atomic E-state index is 9.12. The molecular weight excluding hydrogens is 238 g/mol. The van der Waals surface area contributed by atoms with Crippen LogP contribution in [0, 0.1) is 25.2 Å². The van der Waals surface area contributed by atoms with Crippen molar-refractivity contribution >= 4 is 11.8 Å². The molecule has 0 amide bonds. The van der Waals surface area contributed by atoms with Crippen molar-refractivity contribution in [3.8, 4) is 6.07 Å². The van der Waals surface area contributed by atoms with Gasteiger partial charge in [-0.05, 0) is 31.0 Å². The fraction of sp³-hybridized carbons (Fsp3) is 0.188. The third-order valence-corrected chi connectivity index (χ3v) is 4.11. The van der Waals surface area contributed by atoms with E-state index in [1.807, 2.05) is 12.1 Å². The molecule has 0 atom stereocenters. The van der Waals surface area contributed by atoms with Crippen LogP contribution in [-0.2, 0) is 5.75 Å². The number of thioether (sulfide) groups is 1. The minimum absolute atomic E-state index is 0.771. The molecule has 0 radical (unpaired) electrons. The molecule has 0 aliphatic carbocycles. The lowest BCUT2D eigenvalue weighted by Crippen LogP contribution is -1.88. The molecule has 0 bridgehead atoms. The van der Waals surface area contributed by atoms with Crippen LogP contribution >= 0.6 is 11.8 Å². The first-order valence-electron chi connectivity index (χ1n) is 5.89. The molecule has 0 unspecified atom stereocenters. The van der Waals surface area contributed by atoms with Crippen LogP contribution in [0.3, 0.4) is 0 Å². The molecule has 0 fully saturated rings. The Morgan fingerprint density at radius 1 is 1.11 bits per heavy atom. The second-order valence-electron chi connectivity index (χ2n) is 4.34. The van der Waals surface area contributed by atoms with Crippen LogP contribution in [-0.4, -0.2) is 0 Å². The summed E-state index contributed by atoms with van der Waals surface area (Å²) in [6, 6.07) is 16.6. The zero-order chi connectivity index (χ0) is 13.0. The summed E-state index contributed by atoms with van der Waals surface area (Å²) < 4.78 is 0. The number of rotatable bonds is 3. The average molecular weight is 253 g/mol. The Morgan fingerprint density at radius 3 is 2.61 bits per heavy atom. The number of aryl methyl sites for hydroxylation is 2. The minimum atomic E-state index is 0.771. The second kappa shape index (κ2) is 5.75. The molecule has 0 heterocycles. The highest BCUT2D eigenvalue weighted by Crippen LogP contribution is 2.29. The van der Waals surface area contributed by atoms with Gasteiger partial charge in [0.05, 0.1) is 5.56 Å². The third-order valence-electron chi connectivity index (χ3n) is 2.80. The summed E-state index contributed by atoms with van der Waals surface area (Å²) in [6.07, 6.45) is 0. The number of hydrogen-bond acceptors (Lipinski definition) is 2. The first-order chi connectivity index (χ1) is 8.70. The van der Waals surface area contributed by atoms with Crippen LogP contribution < -0.4 is 0 Å². The summed E-state index contributed by atoms with van der Waals surface area (Å²) >= 11 is 1.74. The van der Waals surface area contributed by atoms with Gasteiger partial charge >= 0.3 is 0 Å². The van der Waals surface area contributed by atoms with Crippen molar-refractivity contribution in [1.82, 2.24) is 0 Å². The van der Waals surface area contributed by atoms with E-state index in [0.717, 1.165) is 16.2 Å². The molecule has 1 nitrogen and oxygen atoms in total. The number of benzene rings is 2. The zero-order valence-electron chi connectivity index (χ0n) is 10.6. The van der Waals surface area contributed by atoms with Gasteiger partial charge in [-0.3, -0.25) is 0 Å². The van der Waals surface area contributed by atoms with E-state index >= 15 is 0 Å². The lowest BCUT2D eigenvalue weighted by Gasteiger charge is -2.08. The Morgan fingerprint density at radius 2 is 1.89 bits per heavy atom. The average Bonchev–Trinajstić information content (AvgIpc) is 2.37. The molecule has 0 aliphatic rings. The minimum Gasteiger partial charge on any atom is -0.192 e. The van der Waals surface area contributed by atoms with Crippen LogP contribution in [0.4, 0.5) is 0 Å². The van der Waals surface area contributed by atoms with Gasteiger partial charge in [-0.15, -0.1) is 11.8 Å². The molecule has 0 saturated carbocycles. The molecule has 2 rings (SSSR count). The SMILES string of the molecule is Cc1cccc(CSc2c(C)cccc2C#N)c1. The fourth-order valence-corrected chi connectivity index (χ4v) is 2.94. The Balaban J connectivity index is 2.18. The van der Waals surface area contributed by atoms with Gasteiger partial charge in [0.2, 0.25) is 0 Å². The van der Waals surface area contributed by atoms with Gasteiger partial charge in [-0.2, -0.15) is 5.26 Å². The van der Waals surface area contributed by atoms with Crippen molar-refractivity contribution in [2.75, 3.05) is 0 Å². The maximum absolute atomic E-state index is 9.12. The van der Waals surface area contributed by atoms with E-state index in [4.69, 9.17) is 5.26 Å². The molecule has 0 saturated heterocycles. The smallest absolute Gasteiger partial charge is 0.100 e. The molecule has 0 aliphatic heterocycles. The highest BCUT2D eigenvalue weighted by Gasteiger charge is 2.06. The number of nitriles is 1. The van der Waals surface area contributed by atoms with Crippen LogP contribution in [0.25, 0.3) is 0 Å². The van der Waals surface area contributed by atoms with Gasteiger partial charge in [-0.25, -0.2) is 0 Å². The highest BCUT2D eigenvalue weighted by atomic mass is 32.2. The second-order valence-corrected chi connectivity index (χ2v) is 5.33. The van der Waals surface area contributed by atoms with Crippen molar-refractivity contribution < 1.29 is 0 Å². The van der Waals surface area contributed by atoms with E-state index in [2.05, 4.69) is 50.2 Å². The molecule has 90 valence electrons. The summed E-state index contributed by atoms with van der Waals surface area (Å²) in [7, 11) is 0. The summed E-state index contributed by atoms with van der Waals surface area (Å²) in [6.45, 7) is 4.15. The van der Waals surface area contributed by atoms with Crippen molar-refractivity contribution in [3.63, 3.8) is 0 Å². The standard InChI is InChI=1S/C16H15NS/c1-12-5-3-7-14(9-12)11-18-16-13(2)6-4-8-15(16)10-17/h3-9H,11H2,1-2H3. The predicted molar refractivity (Wildman–Crippen MR) is 76.6 cm³/mol. The molecule has 0 N–H and O–H groups in total. The van der Waals surface area contributed by atoms with E-state index in [0.29, 0.717) is 0 Å². The van der Waals surface area contributed by atoms with E-state index in [1.54, 1.807) is 11.8 Å². The topological polar surface area (TPSA) is 23.8 Å². The van der Waals surface area contributed by atoms with Crippen LogP contribution in [0.1, 0.15) is 22.3 Å². The third kappa shape index (κ3) is 2.94. The Bertz CT molecular complexity index is 596. The highest BCUT2D eigenvalue weighted by molar-refractivity contribution is 7.98. The van der Waals surface area contributed by atoms with Gasteiger partial charge in [0.1, 0.15) is 6.07 Å². The Hall–Kier alpha value is -1.72. The van der Waals surface area contributed by atoms with Crippen molar-refractivity contribution in [2.45, 2.75) is 24.5 Å². The summed E-state index contributed by atoms with van der Waals surface area (Å²) in [4.78, 5) is 1.10. The van der Waals surface area contributed by atoms with Gasteiger partial charge in [0.15, 0.2) is 0 Å². The number of nitrogens with zero attached hydrogens (tertiary/aromatic N) is 1. The van der Waals surface area contributed by atoms with Crippen molar-refractivity contribution in [2.24, 2.45) is 0 Å². The van der Waals surface area contributed by atoms with E-state index in [9.17, 15) is 0 Å². The first kappa shape index (κ1) is 12.7. The quantitative estimate of drug-likeness (QED) is 0.754. The Labute approximate surface area is 112 Å². The molecule has 2 aromatic carbocycles. The fourth-order valence-electron chi connectivity index (χ4n) is 1.89. The lowest BCUT2D eigenvalue weighted by molar-refractivity contribution is 1.25. The molecular formula is C16H15NS. The Kier molecular flexibility index (Phi) is 4.07. The normalized spacial score (nSPS) is 10.1. The monoisotopic (exact) mass is 253 g/mol. The molecule has 18 heavy (non-hydrogen) atoms. The molecule has 0 spiro atoms.